The molecule has 0 saturated heterocycles. The van der Waals surface area contributed by atoms with E-state index in [1.807, 2.05) is 48.5 Å². The third-order valence-corrected chi connectivity index (χ3v) is 6.14. The van der Waals surface area contributed by atoms with Gasteiger partial charge in [-0.2, -0.15) is 5.10 Å². The van der Waals surface area contributed by atoms with Gasteiger partial charge in [-0.3, -0.25) is 9.59 Å². The van der Waals surface area contributed by atoms with Crippen LogP contribution in [0.4, 0.5) is 0 Å². The summed E-state index contributed by atoms with van der Waals surface area (Å²) in [5, 5.41) is 15.9. The highest BCUT2D eigenvalue weighted by atomic mass is 16.4. The van der Waals surface area contributed by atoms with Gasteiger partial charge in [-0.1, -0.05) is 55.7 Å². The van der Waals surface area contributed by atoms with Crippen molar-refractivity contribution in [1.82, 2.24) is 9.78 Å². The normalized spacial score (nSPS) is 15.5. The van der Waals surface area contributed by atoms with E-state index in [0.29, 0.717) is 10.9 Å². The lowest BCUT2D eigenvalue weighted by atomic mass is 9.83. The molecule has 5 nitrogen and oxygen atoms in total. The Morgan fingerprint density at radius 3 is 2.41 bits per heavy atom. The molecule has 1 aromatic heterocycles. The number of carboxylic acid groups (broad SMARTS) is 1. The van der Waals surface area contributed by atoms with Crippen LogP contribution in [0.15, 0.2) is 53.3 Å². The fraction of sp³-hybridized carbons (Fsp3) is 0.375. The van der Waals surface area contributed by atoms with E-state index in [0.717, 1.165) is 42.3 Å². The molecular formula is C24H26N2O3. The third-order valence-electron chi connectivity index (χ3n) is 6.14. The topological polar surface area (TPSA) is 72.2 Å². The van der Waals surface area contributed by atoms with Crippen molar-refractivity contribution in [2.24, 2.45) is 0 Å². The maximum absolute atomic E-state index is 13.1. The molecule has 1 fully saturated rings. The van der Waals surface area contributed by atoms with Gasteiger partial charge in [0.25, 0.3) is 5.56 Å². The summed E-state index contributed by atoms with van der Waals surface area (Å²) in [5.41, 5.74) is 1.22. The van der Waals surface area contributed by atoms with E-state index in [2.05, 4.69) is 0 Å². The summed E-state index contributed by atoms with van der Waals surface area (Å²) in [7, 11) is 0. The maximum atomic E-state index is 13.1. The average molecular weight is 390 g/mol. The summed E-state index contributed by atoms with van der Waals surface area (Å²) in [6.07, 6.45) is 5.37. The summed E-state index contributed by atoms with van der Waals surface area (Å²) >= 11 is 0. The lowest BCUT2D eigenvalue weighted by molar-refractivity contribution is -0.142. The SMILES string of the molecule is CC(C)(C(=O)O)c1cccc(-c2nn(C3CCCCC3)c(=O)c3ccccc23)c1. The van der Waals surface area contributed by atoms with Crippen LogP contribution in [-0.4, -0.2) is 20.9 Å². The molecule has 0 spiro atoms. The summed E-state index contributed by atoms with van der Waals surface area (Å²) in [5.74, 6) is -0.875. The van der Waals surface area contributed by atoms with Crippen molar-refractivity contribution in [3.63, 3.8) is 0 Å². The second kappa shape index (κ2) is 7.47. The highest BCUT2D eigenvalue weighted by Crippen LogP contribution is 2.32. The molecule has 1 heterocycles. The number of aromatic nitrogens is 2. The minimum atomic E-state index is -1.01. The van der Waals surface area contributed by atoms with Crippen LogP contribution < -0.4 is 5.56 Å². The van der Waals surface area contributed by atoms with Crippen molar-refractivity contribution < 1.29 is 9.90 Å². The first kappa shape index (κ1) is 19.4. The van der Waals surface area contributed by atoms with Gasteiger partial charge in [-0.05, 0) is 44.4 Å². The minimum absolute atomic E-state index is 0.0433. The zero-order valence-corrected chi connectivity index (χ0v) is 16.9. The highest BCUT2D eigenvalue weighted by Gasteiger charge is 2.30. The Balaban J connectivity index is 1.93. The van der Waals surface area contributed by atoms with Gasteiger partial charge in [-0.25, -0.2) is 4.68 Å². The van der Waals surface area contributed by atoms with Crippen LogP contribution in [-0.2, 0) is 10.2 Å². The van der Waals surface area contributed by atoms with E-state index < -0.39 is 11.4 Å². The molecule has 0 amide bonds. The van der Waals surface area contributed by atoms with Gasteiger partial charge < -0.3 is 5.11 Å². The predicted molar refractivity (Wildman–Crippen MR) is 114 cm³/mol. The van der Waals surface area contributed by atoms with Crippen molar-refractivity contribution in [3.8, 4) is 11.3 Å². The second-order valence-corrected chi connectivity index (χ2v) is 8.45. The van der Waals surface area contributed by atoms with Gasteiger partial charge in [0, 0.05) is 10.9 Å². The van der Waals surface area contributed by atoms with E-state index in [1.165, 1.54) is 6.42 Å². The van der Waals surface area contributed by atoms with Gasteiger partial charge in [0.15, 0.2) is 0 Å². The van der Waals surface area contributed by atoms with Crippen molar-refractivity contribution in [1.29, 1.82) is 0 Å². The Bertz CT molecular complexity index is 1120. The molecule has 3 aromatic rings. The molecule has 5 heteroatoms. The van der Waals surface area contributed by atoms with Crippen LogP contribution in [0.2, 0.25) is 0 Å². The molecule has 150 valence electrons. The summed E-state index contributed by atoms with van der Waals surface area (Å²) in [6.45, 7) is 3.39. The van der Waals surface area contributed by atoms with Gasteiger partial charge in [0.1, 0.15) is 0 Å². The molecule has 0 bridgehead atoms. The van der Waals surface area contributed by atoms with E-state index in [-0.39, 0.29) is 11.6 Å². The monoisotopic (exact) mass is 390 g/mol. The summed E-state index contributed by atoms with van der Waals surface area (Å²) < 4.78 is 1.67. The van der Waals surface area contributed by atoms with Crippen LogP contribution in [0.25, 0.3) is 22.0 Å². The molecule has 1 aliphatic carbocycles. The Kier molecular flexibility index (Phi) is 4.99. The lowest BCUT2D eigenvalue weighted by Gasteiger charge is -2.24. The number of hydrogen-bond acceptors (Lipinski definition) is 3. The molecule has 4 rings (SSSR count). The zero-order valence-electron chi connectivity index (χ0n) is 16.9. The van der Waals surface area contributed by atoms with Crippen molar-refractivity contribution in [2.75, 3.05) is 0 Å². The highest BCUT2D eigenvalue weighted by molar-refractivity contribution is 5.94. The molecular weight excluding hydrogens is 364 g/mol. The number of aliphatic carboxylic acids is 1. The number of hydrogen-bond donors (Lipinski definition) is 1. The largest absolute Gasteiger partial charge is 0.481 e. The molecule has 0 unspecified atom stereocenters. The first-order chi connectivity index (χ1) is 13.9. The smallest absolute Gasteiger partial charge is 0.313 e. The minimum Gasteiger partial charge on any atom is -0.481 e. The Hall–Kier alpha value is -2.95. The van der Waals surface area contributed by atoms with E-state index in [1.54, 1.807) is 18.5 Å². The third kappa shape index (κ3) is 3.46. The van der Waals surface area contributed by atoms with Gasteiger partial charge in [0.2, 0.25) is 0 Å². The maximum Gasteiger partial charge on any atom is 0.313 e. The fourth-order valence-corrected chi connectivity index (χ4v) is 4.17. The summed E-state index contributed by atoms with van der Waals surface area (Å²) in [4.78, 5) is 24.9. The van der Waals surface area contributed by atoms with Crippen LogP contribution in [0, 0.1) is 0 Å². The van der Waals surface area contributed by atoms with Crippen LogP contribution in [0.5, 0.6) is 0 Å². The van der Waals surface area contributed by atoms with Crippen LogP contribution in [0.1, 0.15) is 57.6 Å². The standard InChI is InChI=1S/C24H26N2O3/c1-24(2,23(28)29)17-10-8-9-16(15-17)21-19-13-6-7-14-20(19)22(27)26(25-21)18-11-4-3-5-12-18/h6-10,13-15,18H,3-5,11-12H2,1-2H3,(H,28,29). The number of nitrogens with zero attached hydrogens (tertiary/aromatic N) is 2. The Labute approximate surface area is 170 Å². The van der Waals surface area contributed by atoms with Gasteiger partial charge in [0.05, 0.1) is 22.5 Å². The molecule has 0 aliphatic heterocycles. The quantitative estimate of drug-likeness (QED) is 0.685. The number of rotatable bonds is 4. The zero-order chi connectivity index (χ0) is 20.6. The number of fused-ring (bicyclic) bond motifs is 1. The molecule has 2 aromatic carbocycles. The molecule has 0 radical (unpaired) electrons. The lowest BCUT2D eigenvalue weighted by Crippen LogP contribution is -2.29. The van der Waals surface area contributed by atoms with Crippen LogP contribution in [0.3, 0.4) is 0 Å². The Morgan fingerprint density at radius 1 is 1.03 bits per heavy atom. The number of carbonyl (C=O) groups is 1. The average Bonchev–Trinajstić information content (AvgIpc) is 2.75. The predicted octanol–water partition coefficient (Wildman–Crippen LogP) is 4.93. The van der Waals surface area contributed by atoms with Gasteiger partial charge >= 0.3 is 5.97 Å². The van der Waals surface area contributed by atoms with Gasteiger partial charge in [-0.15, -0.1) is 0 Å². The summed E-state index contributed by atoms with van der Waals surface area (Å²) in [6, 6.07) is 15.2. The second-order valence-electron chi connectivity index (χ2n) is 8.45. The number of benzene rings is 2. The molecule has 29 heavy (non-hydrogen) atoms. The van der Waals surface area contributed by atoms with E-state index in [9.17, 15) is 14.7 Å². The van der Waals surface area contributed by atoms with Crippen molar-refractivity contribution in [3.05, 3.63) is 64.4 Å². The van der Waals surface area contributed by atoms with Crippen molar-refractivity contribution >= 4 is 16.7 Å². The first-order valence-corrected chi connectivity index (χ1v) is 10.3. The van der Waals surface area contributed by atoms with E-state index >= 15 is 0 Å². The molecule has 1 aliphatic rings. The van der Waals surface area contributed by atoms with Crippen LogP contribution >= 0.6 is 0 Å². The van der Waals surface area contributed by atoms with Crippen molar-refractivity contribution in [2.45, 2.75) is 57.4 Å². The fourth-order valence-electron chi connectivity index (χ4n) is 4.17. The molecule has 0 atom stereocenters. The molecule has 1 saturated carbocycles. The first-order valence-electron chi connectivity index (χ1n) is 10.3. The molecule has 1 N–H and O–H groups in total. The Morgan fingerprint density at radius 2 is 1.72 bits per heavy atom. The number of carboxylic acids is 1. The van der Waals surface area contributed by atoms with E-state index in [4.69, 9.17) is 5.10 Å².